The van der Waals surface area contributed by atoms with E-state index in [1.807, 2.05) is 6.07 Å². The lowest BCUT2D eigenvalue weighted by molar-refractivity contribution is 0.0698. The fourth-order valence-corrected chi connectivity index (χ4v) is 5.61. The van der Waals surface area contributed by atoms with Gasteiger partial charge in [-0.05, 0) is 31.2 Å². The number of carbonyl (C=O) groups excluding carboxylic acids is 1. The standard InChI is InChI=1S/C16H16N4O4S2/c1-11-15(25-16(22)18-11)26(23,24)20-8-6-19(7-9-20)14(21)13-4-2-12(10-17)3-5-13/h2-5H,6-9H2,1H3,(H,18,22). The number of sulfonamides is 1. The number of aromatic nitrogens is 1. The molecule has 0 saturated carbocycles. The van der Waals surface area contributed by atoms with Crippen molar-refractivity contribution >= 4 is 27.3 Å². The SMILES string of the molecule is Cc1[nH]c(=O)sc1S(=O)(=O)N1CCN(C(=O)c2ccc(C#N)cc2)CC1. The third kappa shape index (κ3) is 3.41. The predicted molar refractivity (Wildman–Crippen MR) is 95.5 cm³/mol. The zero-order chi connectivity index (χ0) is 18.9. The summed E-state index contributed by atoms with van der Waals surface area (Å²) in [6.45, 7) is 2.40. The zero-order valence-corrected chi connectivity index (χ0v) is 15.6. The van der Waals surface area contributed by atoms with Gasteiger partial charge in [-0.1, -0.05) is 11.3 Å². The Morgan fingerprint density at radius 3 is 2.31 bits per heavy atom. The Morgan fingerprint density at radius 2 is 1.81 bits per heavy atom. The van der Waals surface area contributed by atoms with Crippen molar-refractivity contribution in [2.45, 2.75) is 11.1 Å². The molecule has 1 aliphatic heterocycles. The summed E-state index contributed by atoms with van der Waals surface area (Å²) in [5, 5.41) is 8.81. The third-order valence-electron chi connectivity index (χ3n) is 4.14. The Morgan fingerprint density at radius 1 is 1.19 bits per heavy atom. The number of nitrogens with one attached hydrogen (secondary N) is 1. The van der Waals surface area contributed by atoms with E-state index < -0.39 is 14.9 Å². The first-order valence-electron chi connectivity index (χ1n) is 7.82. The number of rotatable bonds is 3. The van der Waals surface area contributed by atoms with Crippen molar-refractivity contribution in [2.75, 3.05) is 26.2 Å². The van der Waals surface area contributed by atoms with Crippen LogP contribution in [0, 0.1) is 18.3 Å². The first-order chi connectivity index (χ1) is 12.3. The van der Waals surface area contributed by atoms with Crippen molar-refractivity contribution in [1.82, 2.24) is 14.2 Å². The highest BCUT2D eigenvalue weighted by Gasteiger charge is 2.32. The smallest absolute Gasteiger partial charge is 0.305 e. The lowest BCUT2D eigenvalue weighted by Gasteiger charge is -2.33. The molecule has 1 saturated heterocycles. The molecule has 1 aromatic carbocycles. The maximum Gasteiger partial charge on any atom is 0.305 e. The number of benzene rings is 1. The largest absolute Gasteiger partial charge is 0.336 e. The average molecular weight is 392 g/mol. The number of piperazine rings is 1. The molecule has 0 unspecified atom stereocenters. The van der Waals surface area contributed by atoms with Crippen LogP contribution >= 0.6 is 11.3 Å². The van der Waals surface area contributed by atoms with Gasteiger partial charge in [-0.3, -0.25) is 9.59 Å². The molecule has 1 amide bonds. The van der Waals surface area contributed by atoms with Gasteiger partial charge in [-0.25, -0.2) is 8.42 Å². The quantitative estimate of drug-likeness (QED) is 0.828. The number of H-pyrrole nitrogens is 1. The monoisotopic (exact) mass is 392 g/mol. The number of amides is 1. The van der Waals surface area contributed by atoms with Crippen LogP contribution in [0.25, 0.3) is 0 Å². The lowest BCUT2D eigenvalue weighted by atomic mass is 10.1. The maximum atomic E-state index is 12.7. The summed E-state index contributed by atoms with van der Waals surface area (Å²) in [5.41, 5.74) is 1.26. The number of hydrogen-bond acceptors (Lipinski definition) is 6. The molecular weight excluding hydrogens is 376 g/mol. The van der Waals surface area contributed by atoms with Crippen molar-refractivity contribution in [1.29, 1.82) is 5.26 Å². The van der Waals surface area contributed by atoms with Crippen LogP contribution in [0.4, 0.5) is 0 Å². The molecule has 8 nitrogen and oxygen atoms in total. The molecule has 136 valence electrons. The van der Waals surface area contributed by atoms with Crippen molar-refractivity contribution in [3.8, 4) is 6.07 Å². The minimum absolute atomic E-state index is 0.0226. The molecule has 2 heterocycles. The van der Waals surface area contributed by atoms with E-state index in [4.69, 9.17) is 5.26 Å². The molecule has 0 spiro atoms. The van der Waals surface area contributed by atoms with Crippen molar-refractivity contribution in [3.05, 3.63) is 50.8 Å². The highest BCUT2D eigenvalue weighted by molar-refractivity contribution is 7.91. The lowest BCUT2D eigenvalue weighted by Crippen LogP contribution is -2.50. The van der Waals surface area contributed by atoms with Crippen molar-refractivity contribution in [3.63, 3.8) is 0 Å². The fraction of sp³-hybridized carbons (Fsp3) is 0.312. The molecule has 0 bridgehead atoms. The van der Waals surface area contributed by atoms with Gasteiger partial charge in [-0.15, -0.1) is 0 Å². The number of nitriles is 1. The molecule has 0 atom stereocenters. The van der Waals surface area contributed by atoms with E-state index in [1.54, 1.807) is 36.1 Å². The summed E-state index contributed by atoms with van der Waals surface area (Å²) in [7, 11) is -3.75. The minimum Gasteiger partial charge on any atom is -0.336 e. The van der Waals surface area contributed by atoms with Gasteiger partial charge in [0.15, 0.2) is 4.21 Å². The van der Waals surface area contributed by atoms with Crippen LogP contribution in [0.3, 0.4) is 0 Å². The predicted octanol–water partition coefficient (Wildman–Crippen LogP) is 0.763. The third-order valence-corrected chi connectivity index (χ3v) is 7.62. The molecule has 1 N–H and O–H groups in total. The van der Waals surface area contributed by atoms with E-state index in [1.165, 1.54) is 4.31 Å². The number of carbonyl (C=O) groups is 1. The Labute approximate surface area is 154 Å². The van der Waals surface area contributed by atoms with Crippen LogP contribution in [-0.2, 0) is 10.0 Å². The topological polar surface area (TPSA) is 114 Å². The second-order valence-corrected chi connectivity index (χ2v) is 8.93. The fourth-order valence-electron chi connectivity index (χ4n) is 2.76. The maximum absolute atomic E-state index is 12.7. The number of aryl methyl sites for hydroxylation is 1. The van der Waals surface area contributed by atoms with Crippen LogP contribution in [0.15, 0.2) is 33.3 Å². The van der Waals surface area contributed by atoms with E-state index in [-0.39, 0.29) is 36.3 Å². The van der Waals surface area contributed by atoms with Crippen LogP contribution in [-0.4, -0.2) is 54.7 Å². The summed E-state index contributed by atoms with van der Waals surface area (Å²) in [6.07, 6.45) is 0. The highest BCUT2D eigenvalue weighted by atomic mass is 32.2. The van der Waals surface area contributed by atoms with E-state index in [2.05, 4.69) is 4.98 Å². The van der Waals surface area contributed by atoms with Gasteiger partial charge >= 0.3 is 4.87 Å². The van der Waals surface area contributed by atoms with E-state index in [0.717, 1.165) is 0 Å². The van der Waals surface area contributed by atoms with E-state index >= 15 is 0 Å². The number of hydrogen-bond donors (Lipinski definition) is 1. The van der Waals surface area contributed by atoms with E-state index in [0.29, 0.717) is 28.2 Å². The Hall–Kier alpha value is -2.48. The summed E-state index contributed by atoms with van der Waals surface area (Å²) in [4.78, 5) is 27.6. The van der Waals surface area contributed by atoms with Crippen LogP contribution in [0.1, 0.15) is 21.6 Å². The van der Waals surface area contributed by atoms with Crippen LogP contribution in [0.5, 0.6) is 0 Å². The van der Waals surface area contributed by atoms with Gasteiger partial charge in [0.05, 0.1) is 11.6 Å². The van der Waals surface area contributed by atoms with Gasteiger partial charge < -0.3 is 9.88 Å². The summed E-state index contributed by atoms with van der Waals surface area (Å²) < 4.78 is 26.7. The van der Waals surface area contributed by atoms with Crippen LogP contribution < -0.4 is 4.87 Å². The second kappa shape index (κ2) is 7.03. The van der Waals surface area contributed by atoms with Crippen molar-refractivity contribution in [2.24, 2.45) is 0 Å². The molecule has 0 aliphatic carbocycles. The number of aromatic amines is 1. The molecule has 1 fully saturated rings. The Bertz CT molecular complexity index is 1020. The molecule has 1 aromatic heterocycles. The molecule has 1 aliphatic rings. The Balaban J connectivity index is 1.70. The molecule has 10 heteroatoms. The van der Waals surface area contributed by atoms with Gasteiger partial charge in [-0.2, -0.15) is 9.57 Å². The minimum atomic E-state index is -3.75. The number of thiazole rings is 1. The summed E-state index contributed by atoms with van der Waals surface area (Å²) in [5.74, 6) is -0.200. The molecule has 3 rings (SSSR count). The van der Waals surface area contributed by atoms with Crippen molar-refractivity contribution < 1.29 is 13.2 Å². The Kier molecular flexibility index (Phi) is 4.95. The molecule has 0 radical (unpaired) electrons. The summed E-state index contributed by atoms with van der Waals surface area (Å²) >= 11 is 0.675. The highest BCUT2D eigenvalue weighted by Crippen LogP contribution is 2.22. The van der Waals surface area contributed by atoms with Gasteiger partial charge in [0, 0.05) is 37.4 Å². The number of nitrogens with zero attached hydrogens (tertiary/aromatic N) is 3. The van der Waals surface area contributed by atoms with Gasteiger partial charge in [0.1, 0.15) is 0 Å². The average Bonchev–Trinajstić information content (AvgIpc) is 3.00. The van der Waals surface area contributed by atoms with E-state index in [9.17, 15) is 18.0 Å². The molecule has 26 heavy (non-hydrogen) atoms. The van der Waals surface area contributed by atoms with Gasteiger partial charge in [0.25, 0.3) is 15.9 Å². The first kappa shape index (κ1) is 18.3. The normalized spacial score (nSPS) is 15.6. The first-order valence-corrected chi connectivity index (χ1v) is 10.1. The molecule has 2 aromatic rings. The van der Waals surface area contributed by atoms with Gasteiger partial charge in [0.2, 0.25) is 0 Å². The second-order valence-electron chi connectivity index (χ2n) is 5.81. The zero-order valence-electron chi connectivity index (χ0n) is 13.9. The molecular formula is C16H16N4O4S2. The summed E-state index contributed by atoms with van der Waals surface area (Å²) in [6, 6.07) is 8.32. The van der Waals surface area contributed by atoms with Crippen LogP contribution in [0.2, 0.25) is 0 Å².